The molecule has 0 aromatic heterocycles. The van der Waals surface area contributed by atoms with Crippen molar-refractivity contribution in [1.29, 1.82) is 0 Å². The number of rotatable bonds is 1. The van der Waals surface area contributed by atoms with E-state index in [9.17, 15) is 4.79 Å². The fraction of sp³-hybridized carbons (Fsp3) is 0.857. The quantitative estimate of drug-likeness (QED) is 0.547. The van der Waals surface area contributed by atoms with E-state index in [4.69, 9.17) is 9.57 Å². The van der Waals surface area contributed by atoms with Crippen LogP contribution >= 0.6 is 0 Å². The molecule has 0 amide bonds. The van der Waals surface area contributed by atoms with Crippen LogP contribution < -0.4 is 0 Å². The Bertz CT molecular complexity index is 149. The van der Waals surface area contributed by atoms with Crippen molar-refractivity contribution in [3.05, 3.63) is 0 Å². The van der Waals surface area contributed by atoms with E-state index in [-0.39, 0.29) is 12.1 Å². The van der Waals surface area contributed by atoms with Crippen LogP contribution in [0.25, 0.3) is 0 Å². The summed E-state index contributed by atoms with van der Waals surface area (Å²) in [6.07, 6.45) is 0.156. The summed E-state index contributed by atoms with van der Waals surface area (Å²) in [6, 6.07) is 0. The van der Waals surface area contributed by atoms with Gasteiger partial charge in [-0.15, -0.1) is 5.06 Å². The molecule has 4 nitrogen and oxygen atoms in total. The third-order valence-corrected chi connectivity index (χ3v) is 1.46. The fourth-order valence-electron chi connectivity index (χ4n) is 1.05. The van der Waals surface area contributed by atoms with Crippen molar-refractivity contribution in [2.75, 3.05) is 19.7 Å². The van der Waals surface area contributed by atoms with Gasteiger partial charge in [-0.25, -0.2) is 0 Å². The average molecular weight is 159 g/mol. The smallest absolute Gasteiger partial charge is 0.322 e. The Morgan fingerprint density at radius 2 is 2.45 bits per heavy atom. The SMILES string of the molecule is CC(=O)ON1CCOC(C)C1. The molecular weight excluding hydrogens is 146 g/mol. The first-order valence-electron chi connectivity index (χ1n) is 3.73. The zero-order chi connectivity index (χ0) is 8.27. The molecule has 0 aliphatic carbocycles. The Balaban J connectivity index is 2.28. The second kappa shape index (κ2) is 3.69. The third-order valence-electron chi connectivity index (χ3n) is 1.46. The van der Waals surface area contributed by atoms with Gasteiger partial charge in [-0.1, -0.05) is 0 Å². The molecule has 0 bridgehead atoms. The summed E-state index contributed by atoms with van der Waals surface area (Å²) in [5, 5.41) is 1.64. The van der Waals surface area contributed by atoms with Gasteiger partial charge in [-0.3, -0.25) is 4.79 Å². The van der Waals surface area contributed by atoms with Gasteiger partial charge in [0.2, 0.25) is 0 Å². The van der Waals surface area contributed by atoms with Gasteiger partial charge in [0.05, 0.1) is 25.8 Å². The summed E-state index contributed by atoms with van der Waals surface area (Å²) in [4.78, 5) is 15.4. The van der Waals surface area contributed by atoms with Crippen LogP contribution in [-0.4, -0.2) is 36.8 Å². The number of hydroxylamine groups is 2. The highest BCUT2D eigenvalue weighted by atomic mass is 16.7. The summed E-state index contributed by atoms with van der Waals surface area (Å²) in [5.74, 6) is -0.265. The fourth-order valence-corrected chi connectivity index (χ4v) is 1.05. The topological polar surface area (TPSA) is 38.8 Å². The molecule has 1 unspecified atom stereocenters. The molecule has 1 aliphatic rings. The average Bonchev–Trinajstić information content (AvgIpc) is 1.85. The highest BCUT2D eigenvalue weighted by Crippen LogP contribution is 2.04. The number of morpholine rings is 1. The Labute approximate surface area is 66.0 Å². The molecule has 4 heteroatoms. The Morgan fingerprint density at radius 1 is 1.73 bits per heavy atom. The van der Waals surface area contributed by atoms with Crippen molar-refractivity contribution in [3.8, 4) is 0 Å². The number of carbonyl (C=O) groups excluding carboxylic acids is 1. The molecule has 1 atom stereocenters. The van der Waals surface area contributed by atoms with E-state index in [1.807, 2.05) is 6.92 Å². The van der Waals surface area contributed by atoms with E-state index in [0.29, 0.717) is 19.7 Å². The predicted octanol–water partition coefficient (Wildman–Crippen LogP) is 0.185. The third kappa shape index (κ3) is 2.86. The molecule has 1 rings (SSSR count). The van der Waals surface area contributed by atoms with E-state index >= 15 is 0 Å². The van der Waals surface area contributed by atoms with E-state index in [0.717, 1.165) is 0 Å². The maximum Gasteiger partial charge on any atom is 0.322 e. The minimum atomic E-state index is -0.265. The maximum atomic E-state index is 10.5. The summed E-state index contributed by atoms with van der Waals surface area (Å²) >= 11 is 0. The predicted molar refractivity (Wildman–Crippen MR) is 38.8 cm³/mol. The first-order chi connectivity index (χ1) is 5.18. The normalized spacial score (nSPS) is 26.5. The minimum absolute atomic E-state index is 0.156. The van der Waals surface area contributed by atoms with Gasteiger partial charge in [0.1, 0.15) is 0 Å². The summed E-state index contributed by atoms with van der Waals surface area (Å²) in [6.45, 7) is 5.33. The van der Waals surface area contributed by atoms with Crippen molar-refractivity contribution >= 4 is 5.97 Å². The maximum absolute atomic E-state index is 10.5. The van der Waals surface area contributed by atoms with Crippen LogP contribution in [0.1, 0.15) is 13.8 Å². The van der Waals surface area contributed by atoms with Gasteiger partial charge < -0.3 is 9.57 Å². The molecule has 64 valence electrons. The molecule has 1 fully saturated rings. The van der Waals surface area contributed by atoms with Gasteiger partial charge in [-0.2, -0.15) is 0 Å². The van der Waals surface area contributed by atoms with Crippen molar-refractivity contribution in [3.63, 3.8) is 0 Å². The molecule has 1 heterocycles. The number of hydrogen-bond acceptors (Lipinski definition) is 4. The molecule has 0 aromatic rings. The summed E-state index contributed by atoms with van der Waals surface area (Å²) in [7, 11) is 0. The van der Waals surface area contributed by atoms with E-state index < -0.39 is 0 Å². The lowest BCUT2D eigenvalue weighted by molar-refractivity contribution is -0.211. The zero-order valence-electron chi connectivity index (χ0n) is 6.87. The number of carbonyl (C=O) groups is 1. The molecule has 0 spiro atoms. The summed E-state index contributed by atoms with van der Waals surface area (Å²) < 4.78 is 5.26. The zero-order valence-corrected chi connectivity index (χ0v) is 6.87. The van der Waals surface area contributed by atoms with Crippen molar-refractivity contribution < 1.29 is 14.4 Å². The van der Waals surface area contributed by atoms with Crippen LogP contribution in [0.4, 0.5) is 0 Å². The first kappa shape index (κ1) is 8.49. The Kier molecular flexibility index (Phi) is 2.84. The largest absolute Gasteiger partial charge is 0.376 e. The van der Waals surface area contributed by atoms with Gasteiger partial charge >= 0.3 is 5.97 Å². The first-order valence-corrected chi connectivity index (χ1v) is 3.73. The van der Waals surface area contributed by atoms with Crippen molar-refractivity contribution in [2.45, 2.75) is 20.0 Å². The lowest BCUT2D eigenvalue weighted by Crippen LogP contribution is -2.41. The highest BCUT2D eigenvalue weighted by Gasteiger charge is 2.18. The Hall–Kier alpha value is -0.610. The molecule has 0 aromatic carbocycles. The highest BCUT2D eigenvalue weighted by molar-refractivity contribution is 5.65. The second-order valence-corrected chi connectivity index (χ2v) is 2.65. The van der Waals surface area contributed by atoms with Crippen LogP contribution in [0.3, 0.4) is 0 Å². The molecule has 11 heavy (non-hydrogen) atoms. The number of hydrogen-bond donors (Lipinski definition) is 0. The standard InChI is InChI=1S/C7H13NO3/c1-6-5-8(3-4-10-6)11-7(2)9/h6H,3-5H2,1-2H3. The molecule has 0 N–H and O–H groups in total. The lowest BCUT2D eigenvalue weighted by atomic mass is 10.3. The monoisotopic (exact) mass is 159 g/mol. The molecule has 0 radical (unpaired) electrons. The van der Waals surface area contributed by atoms with Crippen molar-refractivity contribution in [2.24, 2.45) is 0 Å². The second-order valence-electron chi connectivity index (χ2n) is 2.65. The number of ether oxygens (including phenoxy) is 1. The van der Waals surface area contributed by atoms with Gasteiger partial charge in [0, 0.05) is 6.92 Å². The summed E-state index contributed by atoms with van der Waals surface area (Å²) in [5.41, 5.74) is 0. The van der Waals surface area contributed by atoms with Crippen LogP contribution in [0, 0.1) is 0 Å². The molecule has 1 aliphatic heterocycles. The molecular formula is C7H13NO3. The van der Waals surface area contributed by atoms with Crippen LogP contribution in [0.5, 0.6) is 0 Å². The van der Waals surface area contributed by atoms with E-state index in [1.165, 1.54) is 6.92 Å². The van der Waals surface area contributed by atoms with E-state index in [1.54, 1.807) is 5.06 Å². The van der Waals surface area contributed by atoms with Gasteiger partial charge in [0.25, 0.3) is 0 Å². The van der Waals surface area contributed by atoms with Crippen molar-refractivity contribution in [1.82, 2.24) is 5.06 Å². The minimum Gasteiger partial charge on any atom is -0.376 e. The Morgan fingerprint density at radius 3 is 3.00 bits per heavy atom. The van der Waals surface area contributed by atoms with Gasteiger partial charge in [0.15, 0.2) is 0 Å². The molecule has 1 saturated heterocycles. The lowest BCUT2D eigenvalue weighted by Gasteiger charge is -2.28. The van der Waals surface area contributed by atoms with Crippen LogP contribution in [0.15, 0.2) is 0 Å². The molecule has 0 saturated carbocycles. The van der Waals surface area contributed by atoms with Gasteiger partial charge in [-0.05, 0) is 6.92 Å². The van der Waals surface area contributed by atoms with Crippen LogP contribution in [0.2, 0.25) is 0 Å². The van der Waals surface area contributed by atoms with E-state index in [2.05, 4.69) is 0 Å². The number of nitrogens with zero attached hydrogens (tertiary/aromatic N) is 1. The van der Waals surface area contributed by atoms with Crippen LogP contribution in [-0.2, 0) is 14.4 Å².